The summed E-state index contributed by atoms with van der Waals surface area (Å²) in [5.74, 6) is 0.227. The Bertz CT molecular complexity index is 720. The number of benzene rings is 2. The van der Waals surface area contributed by atoms with Crippen LogP contribution < -0.4 is 9.47 Å². The molecule has 6 nitrogen and oxygen atoms in total. The molecule has 2 aromatic carbocycles. The van der Waals surface area contributed by atoms with Crippen LogP contribution >= 0.6 is 0 Å². The van der Waals surface area contributed by atoms with Crippen molar-refractivity contribution in [3.05, 3.63) is 60.2 Å². The summed E-state index contributed by atoms with van der Waals surface area (Å²) >= 11 is 0. The van der Waals surface area contributed by atoms with Crippen LogP contribution in [0.1, 0.15) is 23.2 Å². The molecule has 0 aromatic heterocycles. The van der Waals surface area contributed by atoms with Gasteiger partial charge >= 0.3 is 11.9 Å². The Balaban J connectivity index is 1.42. The average molecular weight is 356 g/mol. The Morgan fingerprint density at radius 3 is 2.42 bits per heavy atom. The second-order valence-electron chi connectivity index (χ2n) is 5.74. The van der Waals surface area contributed by atoms with E-state index in [1.54, 1.807) is 24.3 Å². The molecule has 0 spiro atoms. The van der Waals surface area contributed by atoms with E-state index in [2.05, 4.69) is 0 Å². The molecule has 0 N–H and O–H groups in total. The monoisotopic (exact) mass is 356 g/mol. The number of hydrogen-bond acceptors (Lipinski definition) is 6. The van der Waals surface area contributed by atoms with Gasteiger partial charge in [0.1, 0.15) is 24.7 Å². The third-order valence-electron chi connectivity index (χ3n) is 3.83. The SMILES string of the molecule is O=C(OCCOc1ccccc1)c1ccc(OC(=O)C2CCCO2)cc1. The quantitative estimate of drug-likeness (QED) is 0.431. The summed E-state index contributed by atoms with van der Waals surface area (Å²) in [5.41, 5.74) is 0.377. The first-order chi connectivity index (χ1) is 12.7. The summed E-state index contributed by atoms with van der Waals surface area (Å²) in [4.78, 5) is 23.9. The molecular weight excluding hydrogens is 336 g/mol. The van der Waals surface area contributed by atoms with E-state index in [0.29, 0.717) is 24.3 Å². The van der Waals surface area contributed by atoms with Crippen molar-refractivity contribution in [3.63, 3.8) is 0 Å². The van der Waals surface area contributed by atoms with Crippen LogP contribution in [0, 0.1) is 0 Å². The molecule has 26 heavy (non-hydrogen) atoms. The zero-order valence-electron chi connectivity index (χ0n) is 14.3. The summed E-state index contributed by atoms with van der Waals surface area (Å²) in [5, 5.41) is 0. The van der Waals surface area contributed by atoms with Gasteiger partial charge in [-0.25, -0.2) is 9.59 Å². The minimum Gasteiger partial charge on any atom is -0.490 e. The van der Waals surface area contributed by atoms with Crippen LogP contribution in [0.4, 0.5) is 0 Å². The van der Waals surface area contributed by atoms with E-state index in [4.69, 9.17) is 18.9 Å². The van der Waals surface area contributed by atoms with Gasteiger partial charge in [0.2, 0.25) is 0 Å². The Morgan fingerprint density at radius 2 is 1.73 bits per heavy atom. The van der Waals surface area contributed by atoms with Crippen LogP contribution in [0.5, 0.6) is 11.5 Å². The molecule has 136 valence electrons. The predicted molar refractivity (Wildman–Crippen MR) is 93.3 cm³/mol. The summed E-state index contributed by atoms with van der Waals surface area (Å²) in [6.07, 6.45) is 1.04. The molecule has 0 aliphatic carbocycles. The van der Waals surface area contributed by atoms with Crippen molar-refractivity contribution in [2.45, 2.75) is 18.9 Å². The van der Waals surface area contributed by atoms with Crippen LogP contribution in [-0.2, 0) is 14.3 Å². The topological polar surface area (TPSA) is 71.1 Å². The van der Waals surface area contributed by atoms with Crippen LogP contribution in [0.15, 0.2) is 54.6 Å². The average Bonchev–Trinajstić information content (AvgIpc) is 3.21. The van der Waals surface area contributed by atoms with Gasteiger partial charge in [-0.1, -0.05) is 18.2 Å². The van der Waals surface area contributed by atoms with Crippen LogP contribution in [-0.4, -0.2) is 37.9 Å². The Morgan fingerprint density at radius 1 is 0.962 bits per heavy atom. The first kappa shape index (κ1) is 17.9. The van der Waals surface area contributed by atoms with E-state index >= 15 is 0 Å². The van der Waals surface area contributed by atoms with Crippen LogP contribution in [0.2, 0.25) is 0 Å². The third-order valence-corrected chi connectivity index (χ3v) is 3.83. The zero-order valence-corrected chi connectivity index (χ0v) is 14.3. The maximum atomic E-state index is 12.0. The maximum absolute atomic E-state index is 12.0. The van der Waals surface area contributed by atoms with Gasteiger partial charge in [-0.3, -0.25) is 0 Å². The van der Waals surface area contributed by atoms with Crippen molar-refractivity contribution in [1.82, 2.24) is 0 Å². The molecule has 1 unspecified atom stereocenters. The molecule has 1 aliphatic rings. The number of carbonyl (C=O) groups excluding carboxylic acids is 2. The Labute approximate surface area is 151 Å². The van der Waals surface area contributed by atoms with E-state index in [1.165, 1.54) is 0 Å². The number of carbonyl (C=O) groups is 2. The second-order valence-corrected chi connectivity index (χ2v) is 5.74. The summed E-state index contributed by atoms with van der Waals surface area (Å²) in [7, 11) is 0. The van der Waals surface area contributed by atoms with Crippen molar-refractivity contribution in [3.8, 4) is 11.5 Å². The molecule has 6 heteroatoms. The minimum absolute atomic E-state index is 0.142. The fourth-order valence-corrected chi connectivity index (χ4v) is 2.50. The highest BCUT2D eigenvalue weighted by Crippen LogP contribution is 2.18. The Kier molecular flexibility index (Phi) is 6.22. The minimum atomic E-state index is -0.496. The normalized spacial score (nSPS) is 16.1. The molecule has 1 atom stereocenters. The van der Waals surface area contributed by atoms with Gasteiger partial charge in [-0.05, 0) is 49.2 Å². The molecule has 0 radical (unpaired) electrons. The van der Waals surface area contributed by atoms with Gasteiger partial charge in [0.05, 0.1) is 5.56 Å². The lowest BCUT2D eigenvalue weighted by Crippen LogP contribution is -2.24. The zero-order chi connectivity index (χ0) is 18.2. The second kappa shape index (κ2) is 9.01. The lowest BCUT2D eigenvalue weighted by Gasteiger charge is -2.10. The van der Waals surface area contributed by atoms with E-state index in [9.17, 15) is 9.59 Å². The molecular formula is C20H20O6. The molecule has 1 heterocycles. The molecule has 0 bridgehead atoms. The van der Waals surface area contributed by atoms with Crippen LogP contribution in [0.25, 0.3) is 0 Å². The molecule has 1 aliphatic heterocycles. The lowest BCUT2D eigenvalue weighted by atomic mass is 10.2. The molecule has 0 amide bonds. The third kappa shape index (κ3) is 5.07. The van der Waals surface area contributed by atoms with Crippen molar-refractivity contribution in [2.24, 2.45) is 0 Å². The molecule has 2 aromatic rings. The first-order valence-electron chi connectivity index (χ1n) is 8.51. The van der Waals surface area contributed by atoms with E-state index < -0.39 is 18.0 Å². The highest BCUT2D eigenvalue weighted by molar-refractivity contribution is 5.89. The van der Waals surface area contributed by atoms with Gasteiger partial charge in [-0.15, -0.1) is 0 Å². The van der Waals surface area contributed by atoms with Gasteiger partial charge in [0.25, 0.3) is 0 Å². The van der Waals surface area contributed by atoms with Gasteiger partial charge in [-0.2, -0.15) is 0 Å². The van der Waals surface area contributed by atoms with E-state index in [0.717, 1.165) is 12.2 Å². The fraction of sp³-hybridized carbons (Fsp3) is 0.300. The predicted octanol–water partition coefficient (Wildman–Crippen LogP) is 3.01. The van der Waals surface area contributed by atoms with E-state index in [1.807, 2.05) is 30.3 Å². The molecule has 0 saturated carbocycles. The number of hydrogen-bond donors (Lipinski definition) is 0. The summed E-state index contributed by atoms with van der Waals surface area (Å²) in [6, 6.07) is 15.5. The maximum Gasteiger partial charge on any atom is 0.340 e. The molecule has 1 saturated heterocycles. The van der Waals surface area contributed by atoms with Gasteiger partial charge in [0, 0.05) is 6.61 Å². The number of para-hydroxylation sites is 1. The van der Waals surface area contributed by atoms with Crippen molar-refractivity contribution >= 4 is 11.9 Å². The van der Waals surface area contributed by atoms with Crippen molar-refractivity contribution in [2.75, 3.05) is 19.8 Å². The van der Waals surface area contributed by atoms with Crippen molar-refractivity contribution < 1.29 is 28.5 Å². The molecule has 3 rings (SSSR count). The fourth-order valence-electron chi connectivity index (χ4n) is 2.50. The van der Waals surface area contributed by atoms with Gasteiger partial charge < -0.3 is 18.9 Å². The summed E-state index contributed by atoms with van der Waals surface area (Å²) < 4.78 is 21.1. The smallest absolute Gasteiger partial charge is 0.340 e. The molecule has 1 fully saturated rings. The number of rotatable bonds is 7. The lowest BCUT2D eigenvalue weighted by molar-refractivity contribution is -0.144. The highest BCUT2D eigenvalue weighted by Gasteiger charge is 2.25. The van der Waals surface area contributed by atoms with Gasteiger partial charge in [0.15, 0.2) is 6.10 Å². The number of ether oxygens (including phenoxy) is 4. The van der Waals surface area contributed by atoms with Crippen molar-refractivity contribution in [1.29, 1.82) is 0 Å². The standard InChI is InChI=1S/C20H20O6/c21-19(25-14-13-23-16-5-2-1-3-6-16)15-8-10-17(11-9-15)26-20(22)18-7-4-12-24-18/h1-3,5-6,8-11,18H,4,7,12-14H2. The highest BCUT2D eigenvalue weighted by atomic mass is 16.6. The Hall–Kier alpha value is -2.86. The summed E-state index contributed by atoms with van der Waals surface area (Å²) in [6.45, 7) is 0.995. The first-order valence-corrected chi connectivity index (χ1v) is 8.51. The van der Waals surface area contributed by atoms with E-state index in [-0.39, 0.29) is 13.2 Å². The van der Waals surface area contributed by atoms with Crippen LogP contribution in [0.3, 0.4) is 0 Å². The number of esters is 2. The largest absolute Gasteiger partial charge is 0.490 e.